The number of halogens is 3. The molecule has 4 heterocycles. The Balaban J connectivity index is 1.60. The summed E-state index contributed by atoms with van der Waals surface area (Å²) in [5.41, 5.74) is 1.06. The van der Waals surface area contributed by atoms with Crippen LogP contribution in [0.2, 0.25) is 0 Å². The number of alkyl halides is 3. The van der Waals surface area contributed by atoms with Crippen LogP contribution in [0.1, 0.15) is 51.1 Å². The van der Waals surface area contributed by atoms with E-state index in [1.165, 1.54) is 18.5 Å². The van der Waals surface area contributed by atoms with Gasteiger partial charge in [-0.05, 0) is 38.9 Å². The van der Waals surface area contributed by atoms with Gasteiger partial charge < -0.3 is 5.32 Å². The number of rotatable bonds is 4. The van der Waals surface area contributed by atoms with Crippen LogP contribution in [0.25, 0.3) is 10.2 Å². The van der Waals surface area contributed by atoms with E-state index in [2.05, 4.69) is 20.2 Å². The summed E-state index contributed by atoms with van der Waals surface area (Å²) in [5.74, 6) is -0.491. The van der Waals surface area contributed by atoms with E-state index >= 15 is 0 Å². The smallest absolute Gasteiger partial charge is 0.355 e. The number of fused-ring (bicyclic) bond motifs is 1. The molecule has 0 aliphatic carbocycles. The maximum absolute atomic E-state index is 13.7. The summed E-state index contributed by atoms with van der Waals surface area (Å²) in [5, 5.41) is 7.01. The minimum Gasteiger partial charge on any atom is -0.355 e. The van der Waals surface area contributed by atoms with Crippen molar-refractivity contribution < 1.29 is 18.0 Å². The Kier molecular flexibility index (Phi) is 5.82. The van der Waals surface area contributed by atoms with E-state index in [0.29, 0.717) is 5.69 Å². The second-order valence-electron chi connectivity index (χ2n) is 7.43. The summed E-state index contributed by atoms with van der Waals surface area (Å²) < 4.78 is 41.2. The zero-order valence-corrected chi connectivity index (χ0v) is 18.2. The summed E-state index contributed by atoms with van der Waals surface area (Å²) in [6.45, 7) is 4.27. The third kappa shape index (κ3) is 4.21. The van der Waals surface area contributed by atoms with Crippen LogP contribution in [0.3, 0.4) is 0 Å². The normalized spacial score (nSPS) is 16.3. The first-order valence-electron chi connectivity index (χ1n) is 9.61. The standard InChI is InChI=1S/C20H21F3N4OS2/c1-11-9-29-16(25-11)8-27-5-3-12(4-6-27)15-7-14(20(21,22)23)18-17(26-15)13(10-30-18)19(28)24-2/h7,9-10,12H,3-6,8H2,1-2H3,(H,24,28). The van der Waals surface area contributed by atoms with Crippen LogP contribution in [-0.4, -0.2) is 40.9 Å². The van der Waals surface area contributed by atoms with Crippen molar-refractivity contribution in [2.45, 2.75) is 38.4 Å². The van der Waals surface area contributed by atoms with Gasteiger partial charge in [-0.1, -0.05) is 0 Å². The Bertz CT molecular complexity index is 1070. The molecular weight excluding hydrogens is 433 g/mol. The number of piperidine rings is 1. The summed E-state index contributed by atoms with van der Waals surface area (Å²) in [6, 6.07) is 1.18. The van der Waals surface area contributed by atoms with E-state index in [-0.39, 0.29) is 21.7 Å². The lowest BCUT2D eigenvalue weighted by Gasteiger charge is -2.31. The molecule has 0 atom stereocenters. The predicted molar refractivity (Wildman–Crippen MR) is 112 cm³/mol. The third-order valence-electron chi connectivity index (χ3n) is 5.35. The molecule has 0 bridgehead atoms. The quantitative estimate of drug-likeness (QED) is 0.614. The number of nitrogens with zero attached hydrogens (tertiary/aromatic N) is 3. The molecule has 0 spiro atoms. The van der Waals surface area contributed by atoms with Gasteiger partial charge in [0.2, 0.25) is 0 Å². The topological polar surface area (TPSA) is 58.1 Å². The molecule has 160 valence electrons. The average Bonchev–Trinajstić information content (AvgIpc) is 3.32. The summed E-state index contributed by atoms with van der Waals surface area (Å²) in [4.78, 5) is 23.4. The second-order valence-corrected chi connectivity index (χ2v) is 9.25. The van der Waals surface area contributed by atoms with Gasteiger partial charge in [-0.25, -0.2) is 4.98 Å². The van der Waals surface area contributed by atoms with Gasteiger partial charge in [0, 0.05) is 35.1 Å². The zero-order valence-electron chi connectivity index (χ0n) is 16.5. The van der Waals surface area contributed by atoms with E-state index in [4.69, 9.17) is 0 Å². The fraction of sp³-hybridized carbons (Fsp3) is 0.450. The number of carbonyl (C=O) groups excluding carboxylic acids is 1. The van der Waals surface area contributed by atoms with Gasteiger partial charge in [-0.2, -0.15) is 13.2 Å². The van der Waals surface area contributed by atoms with Gasteiger partial charge in [0.15, 0.2) is 0 Å². The molecule has 0 unspecified atom stereocenters. The number of hydrogen-bond donors (Lipinski definition) is 1. The molecule has 0 aromatic carbocycles. The van der Waals surface area contributed by atoms with Crippen LogP contribution in [0.15, 0.2) is 16.8 Å². The van der Waals surface area contributed by atoms with Gasteiger partial charge >= 0.3 is 6.18 Å². The zero-order chi connectivity index (χ0) is 21.5. The van der Waals surface area contributed by atoms with Crippen molar-refractivity contribution in [3.05, 3.63) is 44.3 Å². The van der Waals surface area contributed by atoms with Crippen LogP contribution in [0.5, 0.6) is 0 Å². The number of nitrogens with one attached hydrogen (secondary N) is 1. The van der Waals surface area contributed by atoms with Crippen LogP contribution in [0.4, 0.5) is 13.2 Å². The molecule has 1 amide bonds. The van der Waals surface area contributed by atoms with Crippen molar-refractivity contribution >= 4 is 38.8 Å². The molecule has 1 aliphatic rings. The lowest BCUT2D eigenvalue weighted by Crippen LogP contribution is -2.32. The van der Waals surface area contributed by atoms with Crippen LogP contribution in [0, 0.1) is 6.92 Å². The van der Waals surface area contributed by atoms with Gasteiger partial charge in [-0.15, -0.1) is 22.7 Å². The molecule has 3 aromatic rings. The first kappa shape index (κ1) is 21.2. The maximum atomic E-state index is 13.7. The van der Waals surface area contributed by atoms with Crippen LogP contribution >= 0.6 is 22.7 Å². The van der Waals surface area contributed by atoms with Gasteiger partial charge in [0.1, 0.15) is 5.01 Å². The Hall–Kier alpha value is -2.04. The van der Waals surface area contributed by atoms with Crippen molar-refractivity contribution in [1.29, 1.82) is 0 Å². The van der Waals surface area contributed by atoms with Crippen molar-refractivity contribution in [2.75, 3.05) is 20.1 Å². The number of thiophene rings is 1. The first-order chi connectivity index (χ1) is 14.3. The molecule has 0 radical (unpaired) electrons. The molecule has 1 fully saturated rings. The largest absolute Gasteiger partial charge is 0.417 e. The van der Waals surface area contributed by atoms with E-state index in [0.717, 1.165) is 54.5 Å². The summed E-state index contributed by atoms with van der Waals surface area (Å²) >= 11 is 2.54. The Morgan fingerprint density at radius 2 is 1.97 bits per heavy atom. The number of amides is 1. The molecular formula is C20H21F3N4OS2. The highest BCUT2D eigenvalue weighted by molar-refractivity contribution is 7.17. The summed E-state index contributed by atoms with van der Waals surface area (Å²) in [7, 11) is 1.46. The number of pyridine rings is 1. The number of aryl methyl sites for hydroxylation is 1. The van der Waals surface area contributed by atoms with E-state index in [1.54, 1.807) is 11.3 Å². The lowest BCUT2D eigenvalue weighted by molar-refractivity contribution is -0.136. The Labute approximate surface area is 180 Å². The number of carbonyl (C=O) groups is 1. The monoisotopic (exact) mass is 454 g/mol. The fourth-order valence-electron chi connectivity index (χ4n) is 3.80. The Morgan fingerprint density at radius 3 is 2.57 bits per heavy atom. The van der Waals surface area contributed by atoms with Crippen molar-refractivity contribution in [2.24, 2.45) is 0 Å². The molecule has 4 rings (SSSR count). The van der Waals surface area contributed by atoms with Gasteiger partial charge in [0.05, 0.1) is 27.9 Å². The molecule has 0 saturated carbocycles. The molecule has 1 saturated heterocycles. The van der Waals surface area contributed by atoms with E-state index in [1.807, 2.05) is 12.3 Å². The maximum Gasteiger partial charge on any atom is 0.417 e. The molecule has 10 heteroatoms. The highest BCUT2D eigenvalue weighted by Gasteiger charge is 2.36. The van der Waals surface area contributed by atoms with E-state index in [9.17, 15) is 18.0 Å². The number of thiazole rings is 1. The highest BCUT2D eigenvalue weighted by Crippen LogP contribution is 2.41. The fourth-order valence-corrected chi connectivity index (χ4v) is 5.63. The van der Waals surface area contributed by atoms with Gasteiger partial charge in [-0.3, -0.25) is 14.7 Å². The average molecular weight is 455 g/mol. The van der Waals surface area contributed by atoms with Crippen molar-refractivity contribution in [1.82, 2.24) is 20.2 Å². The SMILES string of the molecule is CNC(=O)c1csc2c(C(F)(F)F)cc(C3CCN(Cc4nc(C)cs4)CC3)nc12. The van der Waals surface area contributed by atoms with E-state index < -0.39 is 17.6 Å². The number of aromatic nitrogens is 2. The van der Waals surface area contributed by atoms with Crippen LogP contribution in [-0.2, 0) is 12.7 Å². The number of likely N-dealkylation sites (tertiary alicyclic amines) is 1. The first-order valence-corrected chi connectivity index (χ1v) is 11.4. The number of hydrogen-bond acceptors (Lipinski definition) is 6. The predicted octanol–water partition coefficient (Wildman–Crippen LogP) is 4.82. The minimum atomic E-state index is -4.50. The van der Waals surface area contributed by atoms with Gasteiger partial charge in [0.25, 0.3) is 5.91 Å². The second kappa shape index (κ2) is 8.24. The minimum absolute atomic E-state index is 0.0152. The van der Waals surface area contributed by atoms with Crippen molar-refractivity contribution in [3.63, 3.8) is 0 Å². The Morgan fingerprint density at radius 1 is 1.23 bits per heavy atom. The highest BCUT2D eigenvalue weighted by atomic mass is 32.1. The molecule has 1 aliphatic heterocycles. The summed E-state index contributed by atoms with van der Waals surface area (Å²) in [6.07, 6.45) is -3.05. The molecule has 3 aromatic heterocycles. The molecule has 5 nitrogen and oxygen atoms in total. The third-order valence-corrected chi connectivity index (χ3v) is 7.30. The lowest BCUT2D eigenvalue weighted by atomic mass is 9.92. The molecule has 1 N–H and O–H groups in total. The molecule has 30 heavy (non-hydrogen) atoms. The van der Waals surface area contributed by atoms with Crippen molar-refractivity contribution in [3.8, 4) is 0 Å². The van der Waals surface area contributed by atoms with Crippen LogP contribution < -0.4 is 5.32 Å².